The molecule has 0 spiro atoms. The zero-order valence-electron chi connectivity index (χ0n) is 7.83. The topological polar surface area (TPSA) is 162 Å². The van der Waals surface area contributed by atoms with Crippen molar-refractivity contribution in [3.8, 4) is 0 Å². The van der Waals surface area contributed by atoms with E-state index in [-0.39, 0.29) is 0 Å². The van der Waals surface area contributed by atoms with Crippen molar-refractivity contribution in [2.24, 2.45) is 0 Å². The Balaban J connectivity index is 4.47. The average molecular weight is 278 g/mol. The normalized spacial score (nSPS) is 18.3. The van der Waals surface area contributed by atoms with Crippen LogP contribution >= 0.6 is 0 Å². The summed E-state index contributed by atoms with van der Waals surface area (Å²) in [5, 5.41) is 44.5. The van der Waals surface area contributed by atoms with Gasteiger partial charge in [0.25, 0.3) is 0 Å². The molecule has 0 aromatic rings. The first-order valence-corrected chi connectivity index (χ1v) is 5.71. The third-order valence-corrected chi connectivity index (χ3v) is 2.17. The summed E-state index contributed by atoms with van der Waals surface area (Å²) in [5.74, 6) is -1.67. The van der Waals surface area contributed by atoms with Gasteiger partial charge in [-0.1, -0.05) is 0 Å². The molecule has 0 radical (unpaired) electrons. The van der Waals surface area contributed by atoms with E-state index in [1.165, 1.54) is 0 Å². The molecular formula is C6H11O9V. The van der Waals surface area contributed by atoms with Crippen LogP contribution in [0, 0.1) is 0 Å². The summed E-state index contributed by atoms with van der Waals surface area (Å²) >= 11 is -4.26. The Morgan fingerprint density at radius 1 is 1.12 bits per heavy atom. The molecule has 0 saturated carbocycles. The fourth-order valence-electron chi connectivity index (χ4n) is 0.789. The van der Waals surface area contributed by atoms with Crippen molar-refractivity contribution in [2.75, 3.05) is 6.61 Å². The number of aliphatic hydroxyl groups excluding tert-OH is 5. The first kappa shape index (κ1) is 15.5. The zero-order valence-corrected chi connectivity index (χ0v) is 9.23. The fourth-order valence-corrected chi connectivity index (χ4v) is 1.19. The van der Waals surface area contributed by atoms with E-state index in [0.29, 0.717) is 0 Å². The maximum atomic E-state index is 10.8. The van der Waals surface area contributed by atoms with Crippen molar-refractivity contribution >= 4 is 5.97 Å². The standard InChI is InChI=1S/C6H12O7.2O.V/c7-1-2(8)3(9)4(10)5(11)6(12)13;;;/h2-5,7-11H,1H2,(H,12,13);;;/q;;;+1/p-1/t2-,3-,4+,5-;;;/m1.../s1. The Bertz CT molecular complexity index is 292. The average Bonchev–Trinajstić information content (AvgIpc) is 2.23. The second-order valence-electron chi connectivity index (χ2n) is 2.81. The zero-order chi connectivity index (χ0) is 12.9. The van der Waals surface area contributed by atoms with Crippen molar-refractivity contribution < 1.29 is 56.7 Å². The third-order valence-electron chi connectivity index (χ3n) is 1.66. The van der Waals surface area contributed by atoms with Crippen LogP contribution in [-0.4, -0.2) is 62.5 Å². The Hall–Kier alpha value is -0.546. The molecule has 9 nitrogen and oxygen atoms in total. The minimum atomic E-state index is -4.26. The van der Waals surface area contributed by atoms with Crippen LogP contribution in [0.2, 0.25) is 0 Å². The fraction of sp³-hybridized carbons (Fsp3) is 0.833. The third kappa shape index (κ3) is 4.53. The van der Waals surface area contributed by atoms with Gasteiger partial charge in [-0.3, -0.25) is 0 Å². The number of hydrogen-bond acceptors (Lipinski definition) is 9. The molecule has 0 bridgehead atoms. The van der Waals surface area contributed by atoms with Crippen LogP contribution < -0.4 is 0 Å². The van der Waals surface area contributed by atoms with Gasteiger partial charge >= 0.3 is 93.7 Å². The van der Waals surface area contributed by atoms with E-state index < -0.39 is 52.4 Å². The van der Waals surface area contributed by atoms with Gasteiger partial charge in [0.1, 0.15) is 0 Å². The van der Waals surface area contributed by atoms with E-state index in [0.717, 1.165) is 0 Å². The van der Waals surface area contributed by atoms with E-state index in [2.05, 4.69) is 3.66 Å². The van der Waals surface area contributed by atoms with E-state index in [1.54, 1.807) is 0 Å². The molecule has 10 heteroatoms. The van der Waals surface area contributed by atoms with Crippen LogP contribution in [0.1, 0.15) is 0 Å². The molecule has 0 aliphatic heterocycles. The molecule has 0 aliphatic carbocycles. The Morgan fingerprint density at radius 2 is 1.62 bits per heavy atom. The van der Waals surface area contributed by atoms with Crippen LogP contribution in [0.3, 0.4) is 0 Å². The summed E-state index contributed by atoms with van der Waals surface area (Å²) in [6, 6.07) is 0. The predicted octanol–water partition coefficient (Wildman–Crippen LogP) is -3.81. The molecular weight excluding hydrogens is 267 g/mol. The monoisotopic (exact) mass is 278 g/mol. The SMILES string of the molecule is O=C([O][V](=[O])=[O])[C@H](O)[C@@H](O)[C@H](O)[C@H](O)CO. The molecule has 0 aromatic heterocycles. The van der Waals surface area contributed by atoms with Crippen LogP contribution in [0.5, 0.6) is 0 Å². The van der Waals surface area contributed by atoms with E-state index in [4.69, 9.17) is 25.5 Å². The van der Waals surface area contributed by atoms with Gasteiger partial charge in [-0.2, -0.15) is 0 Å². The number of rotatable bonds is 6. The van der Waals surface area contributed by atoms with Crippen LogP contribution in [0.4, 0.5) is 0 Å². The molecule has 0 fully saturated rings. The van der Waals surface area contributed by atoms with Gasteiger partial charge in [0.05, 0.1) is 0 Å². The molecule has 16 heavy (non-hydrogen) atoms. The molecule has 0 saturated heterocycles. The van der Waals surface area contributed by atoms with Crippen molar-refractivity contribution in [2.45, 2.75) is 24.4 Å². The molecule has 0 amide bonds. The van der Waals surface area contributed by atoms with Gasteiger partial charge in [0, 0.05) is 0 Å². The van der Waals surface area contributed by atoms with Gasteiger partial charge in [-0.15, -0.1) is 0 Å². The van der Waals surface area contributed by atoms with E-state index in [1.807, 2.05) is 0 Å². The summed E-state index contributed by atoms with van der Waals surface area (Å²) in [5.41, 5.74) is 0. The first-order valence-electron chi connectivity index (χ1n) is 4.00. The van der Waals surface area contributed by atoms with Crippen molar-refractivity contribution in [1.29, 1.82) is 0 Å². The summed E-state index contributed by atoms with van der Waals surface area (Å²) in [6.45, 7) is -0.916. The molecule has 0 rings (SSSR count). The summed E-state index contributed by atoms with van der Waals surface area (Å²) in [4.78, 5) is 10.8. The van der Waals surface area contributed by atoms with Crippen molar-refractivity contribution in [3.63, 3.8) is 0 Å². The molecule has 0 aromatic carbocycles. The minimum absolute atomic E-state index is 0.916. The van der Waals surface area contributed by atoms with Gasteiger partial charge in [0.2, 0.25) is 0 Å². The van der Waals surface area contributed by atoms with Gasteiger partial charge in [0.15, 0.2) is 0 Å². The molecule has 5 N–H and O–H groups in total. The van der Waals surface area contributed by atoms with Crippen molar-refractivity contribution in [1.82, 2.24) is 0 Å². The first-order chi connectivity index (χ1) is 7.31. The van der Waals surface area contributed by atoms with E-state index in [9.17, 15) is 12.1 Å². The van der Waals surface area contributed by atoms with Gasteiger partial charge < -0.3 is 0 Å². The quantitative estimate of drug-likeness (QED) is 0.328. The van der Waals surface area contributed by atoms with Crippen LogP contribution in [0.25, 0.3) is 0 Å². The Labute approximate surface area is 94.3 Å². The van der Waals surface area contributed by atoms with E-state index >= 15 is 0 Å². The number of carbonyl (C=O) groups is 1. The molecule has 0 heterocycles. The predicted molar refractivity (Wildman–Crippen MR) is 38.6 cm³/mol. The van der Waals surface area contributed by atoms with Crippen LogP contribution in [-0.2, 0) is 31.2 Å². The number of hydrogen-bond donors (Lipinski definition) is 5. The second kappa shape index (κ2) is 6.91. The molecule has 94 valence electrons. The maximum absolute atomic E-state index is 10.8. The Kier molecular flexibility index (Phi) is 6.68. The summed E-state index contributed by atoms with van der Waals surface area (Å²) in [7, 11) is 0. The van der Waals surface area contributed by atoms with Crippen molar-refractivity contribution in [3.05, 3.63) is 0 Å². The van der Waals surface area contributed by atoms with Gasteiger partial charge in [-0.05, 0) is 0 Å². The summed E-state index contributed by atoms with van der Waals surface area (Å²) in [6.07, 6.45) is -8.32. The van der Waals surface area contributed by atoms with Gasteiger partial charge in [-0.25, -0.2) is 0 Å². The molecule has 0 aliphatic rings. The summed E-state index contributed by atoms with van der Waals surface area (Å²) < 4.78 is 23.7. The number of aliphatic hydroxyl groups is 5. The molecule has 4 atom stereocenters. The van der Waals surface area contributed by atoms with Crippen LogP contribution in [0.15, 0.2) is 0 Å². The molecule has 0 unspecified atom stereocenters. The number of carbonyl (C=O) groups excluding carboxylic acids is 1. The second-order valence-corrected chi connectivity index (χ2v) is 3.79. The Morgan fingerprint density at radius 3 is 2.00 bits per heavy atom.